The zero-order valence-electron chi connectivity index (χ0n) is 67.9. The van der Waals surface area contributed by atoms with E-state index in [-0.39, 0.29) is 110 Å². The Morgan fingerprint density at radius 3 is 0.930 bits per heavy atom. The molecule has 572 valence electrons. The van der Waals surface area contributed by atoms with Crippen LogP contribution >= 0.6 is 0 Å². The number of rotatable bonds is 11. The third kappa shape index (κ3) is 27.7. The van der Waals surface area contributed by atoms with E-state index >= 15 is 0 Å². The van der Waals surface area contributed by atoms with Crippen molar-refractivity contribution in [1.82, 2.24) is 34.9 Å². The summed E-state index contributed by atoms with van der Waals surface area (Å²) in [5, 5.41) is 0. The first-order valence-electron chi connectivity index (χ1n) is 38.6. The average molecular weight is 2200 g/mol. The van der Waals surface area contributed by atoms with Gasteiger partial charge in [-0.1, -0.05) is 189 Å². The van der Waals surface area contributed by atoms with Crippen LogP contribution in [0.5, 0.6) is 0 Å². The van der Waals surface area contributed by atoms with Crippen LogP contribution in [-0.4, -0.2) is 34.9 Å². The molecule has 18 aromatic rings. The molecule has 0 spiro atoms. The Balaban J connectivity index is 0.000000175. The van der Waals surface area contributed by atoms with E-state index in [1.807, 2.05) is 255 Å². The van der Waals surface area contributed by atoms with Crippen LogP contribution in [0.15, 0.2) is 419 Å². The Bertz CT molecular complexity index is 5760. The van der Waals surface area contributed by atoms with Gasteiger partial charge in [0.05, 0.1) is 6.85 Å². The summed E-state index contributed by atoms with van der Waals surface area (Å²) < 4.78 is 39.3. The maximum Gasteiger partial charge on any atom is 0.0629 e. The van der Waals surface area contributed by atoms with E-state index < -0.39 is 6.04 Å². The summed E-state index contributed by atoms with van der Waals surface area (Å²) in [7, 11) is 0. The zero-order chi connectivity index (χ0) is 80.5. The average Bonchev–Trinajstić information content (AvgIpc) is 0.773. The Morgan fingerprint density at radius 1 is 0.226 bits per heavy atom. The van der Waals surface area contributed by atoms with E-state index in [4.69, 9.17) is 6.85 Å². The number of hydrogen-bond acceptors (Lipinski definition) is 7. The molecule has 4 radical (unpaired) electrons. The molecule has 0 atom stereocenters. The summed E-state index contributed by atoms with van der Waals surface area (Å²) in [6.07, 6.45) is 12.6. The minimum absolute atomic E-state index is 0. The fourth-order valence-electron chi connectivity index (χ4n) is 11.3. The standard InChI is InChI=1S/2C18H14N.2C17H12N.C12H10N.2C11H8N.4Ir/c1-14-7-5-6-10-17(14)16-11-12-19-18(13-16)15-8-3-2-4-9-15;1-14-7-5-6-10-17(14)16-11-12-18(19-13-16)15-8-3-2-4-9-15;1-3-7-14(8-4-1)16-11-12-18-17(13-16)15-9-5-2-6-10-15;1-3-7-14(8-4-1)16-11-12-17(18-13-16)15-9-5-2-6-10-15;1-10-5-7-11(8-6-10)12-4-2-3-9-13-12;2*1-2-6-10(7-3-1)11-8-4-5-9-12-11;;;;/h2*2-8,10-13H,1H3;2*1-9,11-13H;2-7,9H,1H3;2*1-6,8-9H;;;;/q7*-1;;;;/i;;1D,3D,4D,7D,8D;;;;;;;;. The quantitative estimate of drug-likeness (QED) is 0.119. The van der Waals surface area contributed by atoms with Crippen molar-refractivity contribution in [2.24, 2.45) is 0 Å². The van der Waals surface area contributed by atoms with Crippen molar-refractivity contribution in [2.45, 2.75) is 20.8 Å². The van der Waals surface area contributed by atoms with Gasteiger partial charge in [0.15, 0.2) is 0 Å². The van der Waals surface area contributed by atoms with Crippen LogP contribution in [0, 0.1) is 63.2 Å². The Labute approximate surface area is 738 Å². The number of benzene rings is 11. The molecule has 0 unspecified atom stereocenters. The molecule has 0 aliphatic carbocycles. The van der Waals surface area contributed by atoms with E-state index in [1.165, 1.54) is 38.9 Å². The Hall–Kier alpha value is -11.9. The number of hydrogen-bond donors (Lipinski definition) is 0. The third-order valence-corrected chi connectivity index (χ3v) is 17.0. The SMILES string of the molecule is Cc1c[c-]c(-c2ccccn2)cc1.Cc1ccccc1-c1ccc(-c2[c-]cccc2)nc1.Cc1ccccc1-c1ccnc(-c2[c-]cccc2)c1.[2H]c1c([2H])c([2H])c(-c2ccnc(-c3[c-]cccc3)c2)c([2H])c1[2H].[Ir].[Ir].[Ir].[Ir].[c-]1ccccc1-c1ccc(-c2ccccc2)cn1.[c-]1ccccc1-c1ccccn1.[c-]1ccccc1-c1ccccn1. The number of nitrogens with zero attached hydrogens (tertiary/aromatic N) is 7. The van der Waals surface area contributed by atoms with Gasteiger partial charge in [-0.3, -0.25) is 0 Å². The van der Waals surface area contributed by atoms with Crippen LogP contribution in [0.3, 0.4) is 0 Å². The Kier molecular flexibility index (Phi) is 34.5. The molecule has 0 saturated heterocycles. The molecule has 0 bridgehead atoms. The molecule has 11 heteroatoms. The van der Waals surface area contributed by atoms with Crippen LogP contribution in [-0.2, 0) is 80.4 Å². The van der Waals surface area contributed by atoms with Crippen molar-refractivity contribution in [3.63, 3.8) is 0 Å². The van der Waals surface area contributed by atoms with Crippen LogP contribution in [0.1, 0.15) is 23.5 Å². The summed E-state index contributed by atoms with van der Waals surface area (Å²) in [6, 6.07) is 134. The predicted octanol–water partition coefficient (Wildman–Crippen LogP) is 25.4. The van der Waals surface area contributed by atoms with E-state index in [9.17, 15) is 0 Å². The first kappa shape index (κ1) is 81.1. The Morgan fingerprint density at radius 2 is 0.565 bits per heavy atom. The molecule has 7 aromatic heterocycles. The zero-order valence-corrected chi connectivity index (χ0v) is 72.5. The van der Waals surface area contributed by atoms with Crippen LogP contribution in [0.2, 0.25) is 0 Å². The molecule has 7 heterocycles. The van der Waals surface area contributed by atoms with Gasteiger partial charge in [0.2, 0.25) is 0 Å². The van der Waals surface area contributed by atoms with Crippen molar-refractivity contribution >= 4 is 0 Å². The van der Waals surface area contributed by atoms with Crippen LogP contribution < -0.4 is 0 Å². The minimum Gasteiger partial charge on any atom is -0.305 e. The largest absolute Gasteiger partial charge is 0.305 e. The first-order chi connectivity index (χ1) is 56.9. The topological polar surface area (TPSA) is 90.2 Å². The second kappa shape index (κ2) is 48.9. The fourth-order valence-corrected chi connectivity index (χ4v) is 11.3. The second-order valence-corrected chi connectivity index (χ2v) is 24.8. The molecule has 0 N–H and O–H groups in total. The summed E-state index contributed by atoms with van der Waals surface area (Å²) in [4.78, 5) is 30.4. The van der Waals surface area contributed by atoms with Crippen molar-refractivity contribution < 1.29 is 87.3 Å². The van der Waals surface area contributed by atoms with Gasteiger partial charge in [-0.05, 0) is 140 Å². The van der Waals surface area contributed by atoms with Gasteiger partial charge in [-0.25, -0.2) is 0 Å². The van der Waals surface area contributed by atoms with Gasteiger partial charge in [0, 0.05) is 124 Å². The molecular formula is C104H78Ir4N7-7. The molecule has 0 amide bonds. The smallest absolute Gasteiger partial charge is 0.0629 e. The van der Waals surface area contributed by atoms with Crippen molar-refractivity contribution in [1.29, 1.82) is 0 Å². The van der Waals surface area contributed by atoms with E-state index in [1.54, 1.807) is 43.0 Å². The molecular weight excluding hydrogens is 2120 g/mol. The maximum absolute atomic E-state index is 8.05. The van der Waals surface area contributed by atoms with Crippen LogP contribution in [0.4, 0.5) is 0 Å². The molecule has 115 heavy (non-hydrogen) atoms. The summed E-state index contributed by atoms with van der Waals surface area (Å²) in [5.41, 5.74) is 25.0. The molecule has 11 aromatic carbocycles. The molecule has 0 aliphatic heterocycles. The van der Waals surface area contributed by atoms with Gasteiger partial charge in [0.25, 0.3) is 0 Å². The molecule has 18 rings (SSSR count). The summed E-state index contributed by atoms with van der Waals surface area (Å²) >= 11 is 0. The van der Waals surface area contributed by atoms with E-state index in [2.05, 4.69) is 189 Å². The van der Waals surface area contributed by atoms with E-state index in [0.29, 0.717) is 11.3 Å². The van der Waals surface area contributed by atoms with Gasteiger partial charge >= 0.3 is 0 Å². The van der Waals surface area contributed by atoms with Crippen molar-refractivity contribution in [3.8, 4) is 123 Å². The maximum atomic E-state index is 8.05. The van der Waals surface area contributed by atoms with Gasteiger partial charge < -0.3 is 34.9 Å². The molecule has 0 saturated carbocycles. The monoisotopic (exact) mass is 2200 g/mol. The predicted molar refractivity (Wildman–Crippen MR) is 456 cm³/mol. The normalized spacial score (nSPS) is 10.4. The number of aromatic nitrogens is 7. The summed E-state index contributed by atoms with van der Waals surface area (Å²) in [6.45, 7) is 6.30. The molecule has 0 aliphatic rings. The minimum atomic E-state index is -0.394. The second-order valence-electron chi connectivity index (χ2n) is 24.8. The summed E-state index contributed by atoms with van der Waals surface area (Å²) in [5.74, 6) is 0. The van der Waals surface area contributed by atoms with Gasteiger partial charge in [-0.2, -0.15) is 0 Å². The van der Waals surface area contributed by atoms with E-state index in [0.717, 1.165) is 84.2 Å². The number of pyridine rings is 7. The van der Waals surface area contributed by atoms with Crippen LogP contribution in [0.25, 0.3) is 123 Å². The van der Waals surface area contributed by atoms with Crippen molar-refractivity contribution in [2.75, 3.05) is 0 Å². The van der Waals surface area contributed by atoms with Crippen molar-refractivity contribution in [3.05, 3.63) is 479 Å². The fraction of sp³-hybridized carbons (Fsp3) is 0.0288. The first-order valence-corrected chi connectivity index (χ1v) is 36.1. The molecule has 0 fully saturated rings. The molecule has 7 nitrogen and oxygen atoms in total. The van der Waals surface area contributed by atoms with Gasteiger partial charge in [-0.15, -0.1) is 251 Å². The third-order valence-electron chi connectivity index (χ3n) is 17.0. The number of aryl methyl sites for hydroxylation is 3. The van der Waals surface area contributed by atoms with Gasteiger partial charge in [0.1, 0.15) is 0 Å².